The summed E-state index contributed by atoms with van der Waals surface area (Å²) >= 11 is 0. The maximum Gasteiger partial charge on any atom is 0.335 e. The van der Waals surface area contributed by atoms with Gasteiger partial charge in [-0.05, 0) is 42.8 Å². The minimum Gasteiger partial charge on any atom is -0.478 e. The number of carbonyl (C=O) groups excluding carboxylic acids is 1. The van der Waals surface area contributed by atoms with E-state index < -0.39 is 17.8 Å². The predicted octanol–water partition coefficient (Wildman–Crippen LogP) is 2.48. The highest BCUT2D eigenvalue weighted by Gasteiger charge is 2.10. The molecule has 2 rings (SSSR count). The van der Waals surface area contributed by atoms with Crippen LogP contribution in [0.3, 0.4) is 0 Å². The molecule has 20 heavy (non-hydrogen) atoms. The number of carbonyl (C=O) groups is 2. The lowest BCUT2D eigenvalue weighted by molar-refractivity contribution is 0.0696. The predicted molar refractivity (Wildman–Crippen MR) is 70.3 cm³/mol. The van der Waals surface area contributed by atoms with Gasteiger partial charge in [-0.15, -0.1) is 0 Å². The van der Waals surface area contributed by atoms with Crippen LogP contribution in [0.25, 0.3) is 0 Å². The van der Waals surface area contributed by atoms with E-state index in [0.717, 1.165) is 12.3 Å². The summed E-state index contributed by atoms with van der Waals surface area (Å²) in [7, 11) is 0. The number of rotatable bonds is 3. The average Bonchev–Trinajstić information content (AvgIpc) is 2.41. The Kier molecular flexibility index (Phi) is 3.74. The van der Waals surface area contributed by atoms with Gasteiger partial charge in [-0.25, -0.2) is 9.78 Å². The van der Waals surface area contributed by atoms with E-state index in [9.17, 15) is 14.0 Å². The highest BCUT2D eigenvalue weighted by molar-refractivity contribution is 6.04. The SMILES string of the molecule is Cc1cc(C(=O)O)ccc1NC(=O)c1ccc(F)nc1. The molecule has 1 amide bonds. The molecule has 0 unspecified atom stereocenters. The number of hydrogen-bond acceptors (Lipinski definition) is 3. The maximum absolute atomic E-state index is 12.7. The van der Waals surface area contributed by atoms with E-state index in [1.54, 1.807) is 6.92 Å². The fourth-order valence-electron chi connectivity index (χ4n) is 1.64. The van der Waals surface area contributed by atoms with Gasteiger partial charge in [-0.1, -0.05) is 0 Å². The van der Waals surface area contributed by atoms with E-state index >= 15 is 0 Å². The fraction of sp³-hybridized carbons (Fsp3) is 0.0714. The van der Waals surface area contributed by atoms with Crippen molar-refractivity contribution in [3.63, 3.8) is 0 Å². The first kappa shape index (κ1) is 13.7. The molecular weight excluding hydrogens is 263 g/mol. The van der Waals surface area contributed by atoms with Gasteiger partial charge >= 0.3 is 5.97 Å². The summed E-state index contributed by atoms with van der Waals surface area (Å²) in [4.78, 5) is 26.1. The van der Waals surface area contributed by atoms with Crippen molar-refractivity contribution in [1.29, 1.82) is 0 Å². The lowest BCUT2D eigenvalue weighted by Crippen LogP contribution is -2.13. The van der Waals surface area contributed by atoms with Crippen LogP contribution in [0, 0.1) is 12.9 Å². The molecule has 1 aromatic carbocycles. The Hall–Kier alpha value is -2.76. The number of hydrogen-bond donors (Lipinski definition) is 2. The number of carboxylic acids is 1. The number of pyridine rings is 1. The number of halogens is 1. The first-order valence-corrected chi connectivity index (χ1v) is 5.74. The highest BCUT2D eigenvalue weighted by atomic mass is 19.1. The molecule has 102 valence electrons. The molecule has 5 nitrogen and oxygen atoms in total. The first-order chi connectivity index (χ1) is 9.47. The van der Waals surface area contributed by atoms with E-state index in [1.807, 2.05) is 0 Å². The summed E-state index contributed by atoms with van der Waals surface area (Å²) in [6.07, 6.45) is 1.13. The largest absolute Gasteiger partial charge is 0.478 e. The Morgan fingerprint density at radius 2 is 1.90 bits per heavy atom. The number of anilines is 1. The molecule has 0 atom stereocenters. The maximum atomic E-state index is 12.7. The van der Waals surface area contributed by atoms with E-state index in [1.165, 1.54) is 24.3 Å². The quantitative estimate of drug-likeness (QED) is 0.843. The average molecular weight is 274 g/mol. The molecule has 0 aliphatic rings. The summed E-state index contributed by atoms with van der Waals surface area (Å²) in [5, 5.41) is 11.5. The monoisotopic (exact) mass is 274 g/mol. The number of carboxylic acid groups (broad SMARTS) is 1. The minimum absolute atomic E-state index is 0.143. The molecule has 2 N–H and O–H groups in total. The molecule has 2 aromatic rings. The van der Waals surface area contributed by atoms with Gasteiger partial charge in [0, 0.05) is 11.9 Å². The van der Waals surface area contributed by atoms with Crippen molar-refractivity contribution < 1.29 is 19.1 Å². The van der Waals surface area contributed by atoms with E-state index in [2.05, 4.69) is 10.3 Å². The number of benzene rings is 1. The molecule has 0 saturated heterocycles. The number of aryl methyl sites for hydroxylation is 1. The van der Waals surface area contributed by atoms with Gasteiger partial charge in [0.25, 0.3) is 5.91 Å². The van der Waals surface area contributed by atoms with Gasteiger partial charge in [0.05, 0.1) is 11.1 Å². The van der Waals surface area contributed by atoms with Gasteiger partial charge in [-0.3, -0.25) is 4.79 Å². The topological polar surface area (TPSA) is 79.3 Å². The Morgan fingerprint density at radius 1 is 1.20 bits per heavy atom. The van der Waals surface area contributed by atoms with Crippen LogP contribution in [0.5, 0.6) is 0 Å². The second-order valence-corrected chi connectivity index (χ2v) is 4.16. The van der Waals surface area contributed by atoms with Gasteiger partial charge in [0.2, 0.25) is 5.95 Å². The molecule has 1 heterocycles. The molecule has 0 bridgehead atoms. The van der Waals surface area contributed by atoms with Crippen LogP contribution in [-0.4, -0.2) is 22.0 Å². The van der Waals surface area contributed by atoms with Crippen LogP contribution in [0.15, 0.2) is 36.5 Å². The summed E-state index contributed by atoms with van der Waals surface area (Å²) in [5.74, 6) is -2.14. The fourth-order valence-corrected chi connectivity index (χ4v) is 1.64. The minimum atomic E-state index is -1.03. The Balaban J connectivity index is 2.19. The lowest BCUT2D eigenvalue weighted by Gasteiger charge is -2.09. The second-order valence-electron chi connectivity index (χ2n) is 4.16. The van der Waals surface area contributed by atoms with E-state index in [-0.39, 0.29) is 11.1 Å². The molecule has 1 aromatic heterocycles. The van der Waals surface area contributed by atoms with Gasteiger partial charge in [0.1, 0.15) is 0 Å². The van der Waals surface area contributed by atoms with Gasteiger partial charge in [-0.2, -0.15) is 4.39 Å². The number of amides is 1. The summed E-state index contributed by atoms with van der Waals surface area (Å²) in [6.45, 7) is 1.69. The van der Waals surface area contributed by atoms with Crippen LogP contribution < -0.4 is 5.32 Å². The molecular formula is C14H11FN2O3. The Morgan fingerprint density at radius 3 is 2.45 bits per heavy atom. The summed E-state index contributed by atoms with van der Waals surface area (Å²) in [5.41, 5.74) is 1.47. The zero-order valence-electron chi connectivity index (χ0n) is 10.6. The van der Waals surface area contributed by atoms with Crippen molar-refractivity contribution in [1.82, 2.24) is 4.98 Å². The Labute approximate surface area is 114 Å². The van der Waals surface area contributed by atoms with Crippen molar-refractivity contribution in [2.75, 3.05) is 5.32 Å². The molecule has 6 heteroatoms. The van der Waals surface area contributed by atoms with Crippen LogP contribution in [0.2, 0.25) is 0 Å². The molecule has 0 aliphatic carbocycles. The number of aromatic carboxylic acids is 1. The van der Waals surface area contributed by atoms with Crippen LogP contribution in [0.4, 0.5) is 10.1 Å². The smallest absolute Gasteiger partial charge is 0.335 e. The Bertz CT molecular complexity index is 669. The van der Waals surface area contributed by atoms with Crippen molar-refractivity contribution >= 4 is 17.6 Å². The van der Waals surface area contributed by atoms with Crippen LogP contribution >= 0.6 is 0 Å². The van der Waals surface area contributed by atoms with Crippen LogP contribution in [0.1, 0.15) is 26.3 Å². The number of aromatic nitrogens is 1. The molecule has 0 aliphatic heterocycles. The van der Waals surface area contributed by atoms with Crippen molar-refractivity contribution in [2.24, 2.45) is 0 Å². The van der Waals surface area contributed by atoms with Crippen molar-refractivity contribution in [3.05, 3.63) is 59.2 Å². The molecule has 0 saturated carbocycles. The van der Waals surface area contributed by atoms with Crippen LogP contribution in [-0.2, 0) is 0 Å². The number of nitrogens with one attached hydrogen (secondary N) is 1. The van der Waals surface area contributed by atoms with Crippen molar-refractivity contribution in [2.45, 2.75) is 6.92 Å². The van der Waals surface area contributed by atoms with E-state index in [0.29, 0.717) is 11.3 Å². The zero-order chi connectivity index (χ0) is 14.7. The molecule has 0 radical (unpaired) electrons. The van der Waals surface area contributed by atoms with Gasteiger partial charge < -0.3 is 10.4 Å². The third-order valence-electron chi connectivity index (χ3n) is 2.71. The summed E-state index contributed by atoms with van der Waals surface area (Å²) in [6, 6.07) is 6.77. The summed E-state index contributed by atoms with van der Waals surface area (Å²) < 4.78 is 12.7. The normalized spacial score (nSPS) is 10.1. The molecule has 0 spiro atoms. The van der Waals surface area contributed by atoms with E-state index in [4.69, 9.17) is 5.11 Å². The first-order valence-electron chi connectivity index (χ1n) is 5.74. The third kappa shape index (κ3) is 2.97. The lowest BCUT2D eigenvalue weighted by atomic mass is 10.1. The number of nitrogens with zero attached hydrogens (tertiary/aromatic N) is 1. The molecule has 0 fully saturated rings. The second kappa shape index (κ2) is 5.48. The van der Waals surface area contributed by atoms with Gasteiger partial charge in [0.15, 0.2) is 0 Å². The highest BCUT2D eigenvalue weighted by Crippen LogP contribution is 2.17. The zero-order valence-corrected chi connectivity index (χ0v) is 10.6. The van der Waals surface area contributed by atoms with Crippen molar-refractivity contribution in [3.8, 4) is 0 Å². The third-order valence-corrected chi connectivity index (χ3v) is 2.71. The standard InChI is InChI=1S/C14H11FN2O3/c1-8-6-9(14(19)20)2-4-11(8)17-13(18)10-3-5-12(15)16-7-10/h2-7H,1H3,(H,17,18)(H,19,20).